The first-order valence-corrected chi connectivity index (χ1v) is 14.6. The topological polar surface area (TPSA) is 120 Å². The van der Waals surface area contributed by atoms with Crippen LogP contribution in [-0.2, 0) is 27.8 Å². The van der Waals surface area contributed by atoms with Gasteiger partial charge in [0, 0.05) is 17.8 Å². The van der Waals surface area contributed by atoms with Gasteiger partial charge in [0.1, 0.15) is 18.2 Å². The number of carbonyl (C=O) groups is 1. The van der Waals surface area contributed by atoms with E-state index < -0.39 is 32.9 Å². The molecule has 212 valence electrons. The van der Waals surface area contributed by atoms with Crippen LogP contribution in [0.15, 0.2) is 73.2 Å². The minimum atomic E-state index is -3.84. The monoisotopic (exact) mass is 577 g/mol. The first-order valence-electron chi connectivity index (χ1n) is 13.0. The Labute approximate surface area is 236 Å². The largest absolute Gasteiger partial charge is 0.346 e. The third kappa shape index (κ3) is 6.41. The van der Waals surface area contributed by atoms with Crippen LogP contribution in [0.4, 0.5) is 8.78 Å². The number of hydrogen-bond acceptors (Lipinski definition) is 5. The van der Waals surface area contributed by atoms with Gasteiger partial charge in [0.2, 0.25) is 15.9 Å². The quantitative estimate of drug-likeness (QED) is 0.321. The number of allylic oxidation sites excluding steroid dienone is 3. The Morgan fingerprint density at radius 1 is 1.12 bits per heavy atom. The van der Waals surface area contributed by atoms with Crippen LogP contribution in [0, 0.1) is 25.5 Å². The fourth-order valence-electron chi connectivity index (χ4n) is 5.02. The number of fused-ring (bicyclic) bond motifs is 1. The number of carbonyl (C=O) groups excluding carboxylic acids is 1. The molecule has 3 N–H and O–H groups in total. The van der Waals surface area contributed by atoms with Crippen LogP contribution in [0.3, 0.4) is 0 Å². The molecule has 1 aliphatic carbocycles. The summed E-state index contributed by atoms with van der Waals surface area (Å²) < 4.78 is 54.0. The third-order valence-electron chi connectivity index (χ3n) is 7.18. The predicted octanol–water partition coefficient (Wildman–Crippen LogP) is 4.43. The van der Waals surface area contributed by atoms with Crippen molar-refractivity contribution < 1.29 is 22.0 Å². The Bertz CT molecular complexity index is 1790. The maximum Gasteiger partial charge on any atom is 0.240 e. The van der Waals surface area contributed by atoms with Crippen molar-refractivity contribution in [3.8, 4) is 0 Å². The van der Waals surface area contributed by atoms with E-state index in [9.17, 15) is 22.0 Å². The van der Waals surface area contributed by atoms with Crippen LogP contribution in [0.2, 0.25) is 0 Å². The minimum Gasteiger partial charge on any atom is -0.346 e. The number of aromatic nitrogens is 3. The highest BCUT2D eigenvalue weighted by molar-refractivity contribution is 7.89. The number of nitrogens with two attached hydrogens (primary N) is 1. The number of halogens is 2. The number of benzene rings is 2. The molecule has 2 aromatic heterocycles. The standard InChI is InChI=1S/C30H29F2N5O3S/c1-18-9-26-28(10-19(18)2)37(17-35-26)16-29(38)36-27(13-20-11-22(31)15-23(32)12-20)30-25(7-4-8-34-30)21-5-3-6-24(14-21)41(33,39)40/h3-5,7-12,14-15,17,24,27H,6,13,16H2,1-2H3,(H,36,38)(H2,33,39,40). The average molecular weight is 578 g/mol. The molecule has 0 bridgehead atoms. The second kappa shape index (κ2) is 11.3. The van der Waals surface area contributed by atoms with E-state index in [1.807, 2.05) is 26.0 Å². The molecule has 1 aliphatic rings. The van der Waals surface area contributed by atoms with Gasteiger partial charge in [-0.05, 0) is 79.3 Å². The van der Waals surface area contributed by atoms with E-state index in [1.165, 1.54) is 12.1 Å². The molecule has 0 spiro atoms. The molecule has 2 unspecified atom stereocenters. The van der Waals surface area contributed by atoms with Crippen LogP contribution in [0.25, 0.3) is 16.6 Å². The Hall–Kier alpha value is -4.22. The highest BCUT2D eigenvalue weighted by atomic mass is 32.2. The number of primary sulfonamides is 1. The van der Waals surface area contributed by atoms with E-state index in [1.54, 1.807) is 47.5 Å². The van der Waals surface area contributed by atoms with E-state index in [0.29, 0.717) is 22.4 Å². The highest BCUT2D eigenvalue weighted by Crippen LogP contribution is 2.30. The molecule has 0 radical (unpaired) electrons. The first-order chi connectivity index (χ1) is 19.5. The van der Waals surface area contributed by atoms with E-state index in [4.69, 9.17) is 5.14 Å². The maximum absolute atomic E-state index is 14.1. The van der Waals surface area contributed by atoms with Crippen LogP contribution in [-0.4, -0.2) is 34.1 Å². The molecule has 2 heterocycles. The Morgan fingerprint density at radius 3 is 2.59 bits per heavy atom. The predicted molar refractivity (Wildman–Crippen MR) is 153 cm³/mol. The average Bonchev–Trinajstić information content (AvgIpc) is 3.28. The van der Waals surface area contributed by atoms with Crippen molar-refractivity contribution in [2.24, 2.45) is 5.14 Å². The van der Waals surface area contributed by atoms with Gasteiger partial charge in [-0.2, -0.15) is 0 Å². The SMILES string of the molecule is Cc1cc2ncn(CC(=O)NC(Cc3cc(F)cc(F)c3)c3ncccc3C3=CC(S(N)(=O)=O)CC=C3)c2cc1C. The zero-order valence-corrected chi connectivity index (χ0v) is 23.3. The first kappa shape index (κ1) is 28.3. The lowest BCUT2D eigenvalue weighted by molar-refractivity contribution is -0.122. The maximum atomic E-state index is 14.1. The zero-order valence-electron chi connectivity index (χ0n) is 22.5. The molecule has 0 saturated carbocycles. The van der Waals surface area contributed by atoms with E-state index in [-0.39, 0.29) is 25.3 Å². The molecule has 1 amide bonds. The van der Waals surface area contributed by atoms with Crippen molar-refractivity contribution in [3.05, 3.63) is 113 Å². The van der Waals surface area contributed by atoms with Gasteiger partial charge in [0.15, 0.2) is 0 Å². The lowest BCUT2D eigenvalue weighted by Crippen LogP contribution is -2.34. The van der Waals surface area contributed by atoms with Crippen molar-refractivity contribution in [1.29, 1.82) is 0 Å². The van der Waals surface area contributed by atoms with Gasteiger partial charge in [0.05, 0.1) is 34.3 Å². The molecule has 2 atom stereocenters. The van der Waals surface area contributed by atoms with Crippen molar-refractivity contribution in [3.63, 3.8) is 0 Å². The number of hydrogen-bond donors (Lipinski definition) is 2. The molecule has 41 heavy (non-hydrogen) atoms. The number of pyridine rings is 1. The number of nitrogens with zero attached hydrogens (tertiary/aromatic N) is 3. The van der Waals surface area contributed by atoms with E-state index in [0.717, 1.165) is 28.2 Å². The summed E-state index contributed by atoms with van der Waals surface area (Å²) >= 11 is 0. The summed E-state index contributed by atoms with van der Waals surface area (Å²) in [5.74, 6) is -1.84. The van der Waals surface area contributed by atoms with Gasteiger partial charge in [0.25, 0.3) is 0 Å². The summed E-state index contributed by atoms with van der Waals surface area (Å²) in [6, 6.07) is 9.76. The molecular formula is C30H29F2N5O3S. The molecule has 0 fully saturated rings. The van der Waals surface area contributed by atoms with Gasteiger partial charge < -0.3 is 9.88 Å². The normalized spacial score (nSPS) is 16.0. The number of nitrogens with one attached hydrogen (secondary N) is 1. The highest BCUT2D eigenvalue weighted by Gasteiger charge is 2.26. The van der Waals surface area contributed by atoms with Crippen molar-refractivity contribution in [2.75, 3.05) is 0 Å². The van der Waals surface area contributed by atoms with Gasteiger partial charge in [-0.15, -0.1) is 0 Å². The lowest BCUT2D eigenvalue weighted by Gasteiger charge is -2.23. The Balaban J connectivity index is 1.51. The van der Waals surface area contributed by atoms with E-state index in [2.05, 4.69) is 15.3 Å². The second-order valence-corrected chi connectivity index (χ2v) is 12.0. The van der Waals surface area contributed by atoms with E-state index >= 15 is 0 Å². The summed E-state index contributed by atoms with van der Waals surface area (Å²) in [5.41, 5.74) is 5.59. The summed E-state index contributed by atoms with van der Waals surface area (Å²) in [5, 5.41) is 7.48. The molecule has 11 heteroatoms. The summed E-state index contributed by atoms with van der Waals surface area (Å²) in [4.78, 5) is 22.4. The number of sulfonamides is 1. The fourth-order valence-corrected chi connectivity index (χ4v) is 5.73. The molecule has 8 nitrogen and oxygen atoms in total. The Morgan fingerprint density at radius 2 is 1.85 bits per heavy atom. The van der Waals surface area contributed by atoms with Gasteiger partial charge >= 0.3 is 0 Å². The lowest BCUT2D eigenvalue weighted by atomic mass is 9.92. The molecule has 2 aromatic carbocycles. The molecule has 5 rings (SSSR count). The van der Waals surface area contributed by atoms with Crippen LogP contribution < -0.4 is 10.5 Å². The summed E-state index contributed by atoms with van der Waals surface area (Å²) in [7, 11) is -3.84. The molecule has 4 aromatic rings. The molecule has 0 aliphatic heterocycles. The van der Waals surface area contributed by atoms with Crippen molar-refractivity contribution in [2.45, 2.75) is 44.5 Å². The summed E-state index contributed by atoms with van der Waals surface area (Å²) in [6.45, 7) is 3.93. The zero-order chi connectivity index (χ0) is 29.3. The van der Waals surface area contributed by atoms with Crippen LogP contribution in [0.5, 0.6) is 0 Å². The smallest absolute Gasteiger partial charge is 0.240 e. The number of imidazole rings is 1. The van der Waals surface area contributed by atoms with Gasteiger partial charge in [-0.3, -0.25) is 9.78 Å². The summed E-state index contributed by atoms with van der Waals surface area (Å²) in [6.07, 6.45) is 8.44. The minimum absolute atomic E-state index is 0.0308. The molecule has 0 saturated heterocycles. The second-order valence-electron chi connectivity index (χ2n) is 10.2. The third-order valence-corrected chi connectivity index (χ3v) is 8.35. The number of rotatable bonds is 8. The van der Waals surface area contributed by atoms with Gasteiger partial charge in [-0.1, -0.05) is 24.3 Å². The van der Waals surface area contributed by atoms with Gasteiger partial charge in [-0.25, -0.2) is 27.3 Å². The van der Waals surface area contributed by atoms with Crippen molar-refractivity contribution >= 4 is 32.5 Å². The van der Waals surface area contributed by atoms with Crippen LogP contribution >= 0.6 is 0 Å². The van der Waals surface area contributed by atoms with Crippen molar-refractivity contribution in [1.82, 2.24) is 19.9 Å². The Kier molecular flexibility index (Phi) is 7.83. The molecular weight excluding hydrogens is 548 g/mol. The van der Waals surface area contributed by atoms with Crippen LogP contribution in [0.1, 0.15) is 40.4 Å². The number of amides is 1. The fraction of sp³-hybridized carbons (Fsp3) is 0.233. The number of aryl methyl sites for hydroxylation is 2.